The lowest BCUT2D eigenvalue weighted by molar-refractivity contribution is 0.649. The second-order valence-corrected chi connectivity index (χ2v) is 15.8. The Labute approximate surface area is 331 Å². The molecule has 0 bridgehead atoms. The number of hydrogen-bond acceptors (Lipinski definition) is 4. The third-order valence-corrected chi connectivity index (χ3v) is 12.6. The van der Waals surface area contributed by atoms with Crippen LogP contribution in [0.25, 0.3) is 43.8 Å². The number of hydrogen-bond donors (Lipinski definition) is 1. The summed E-state index contributed by atoms with van der Waals surface area (Å²) < 4.78 is 1.27. The average Bonchev–Trinajstić information content (AvgIpc) is 3.65. The lowest BCUT2D eigenvalue weighted by atomic mass is 9.76. The number of anilines is 2. The van der Waals surface area contributed by atoms with Crippen LogP contribution in [-0.4, -0.2) is 11.9 Å². The highest BCUT2D eigenvalue weighted by Gasteiger charge is 2.36. The molecule has 0 fully saturated rings. The van der Waals surface area contributed by atoms with Crippen molar-refractivity contribution in [3.8, 4) is 11.1 Å². The fraction of sp³-hybridized carbons (Fsp3) is 0.0577. The van der Waals surface area contributed by atoms with Crippen molar-refractivity contribution in [2.24, 2.45) is 10.9 Å². The van der Waals surface area contributed by atoms with E-state index in [1.165, 1.54) is 53.7 Å². The summed E-state index contributed by atoms with van der Waals surface area (Å²) in [6, 6.07) is 52.7. The minimum Gasteiger partial charge on any atom is -0.359 e. The summed E-state index contributed by atoms with van der Waals surface area (Å²) in [6.07, 6.45) is 20.3. The van der Waals surface area contributed by atoms with Gasteiger partial charge < -0.3 is 10.2 Å². The third-order valence-electron chi connectivity index (χ3n) is 11.5. The zero-order chi connectivity index (χ0) is 37.0. The van der Waals surface area contributed by atoms with Gasteiger partial charge in [-0.15, -0.1) is 11.3 Å². The molecule has 0 radical (unpaired) electrons. The van der Waals surface area contributed by atoms with E-state index in [0.29, 0.717) is 0 Å². The molecule has 6 aromatic carbocycles. The molecule has 4 aliphatic rings. The largest absolute Gasteiger partial charge is 0.359 e. The molecule has 0 spiro atoms. The second-order valence-electron chi connectivity index (χ2n) is 14.8. The molecule has 1 N–H and O–H groups in total. The van der Waals surface area contributed by atoms with Crippen molar-refractivity contribution in [1.82, 2.24) is 5.32 Å². The van der Waals surface area contributed by atoms with E-state index < -0.39 is 0 Å². The molecular weight excluding hydrogens is 699 g/mol. The van der Waals surface area contributed by atoms with Crippen molar-refractivity contribution >= 4 is 61.2 Å². The summed E-state index contributed by atoms with van der Waals surface area (Å²) in [5, 5.41) is 7.54. The van der Waals surface area contributed by atoms with Crippen LogP contribution in [0, 0.1) is 5.92 Å². The van der Waals surface area contributed by atoms with E-state index in [1.54, 1.807) is 0 Å². The maximum Gasteiger partial charge on any atom is 0.134 e. The molecule has 3 atom stereocenters. The molecular formula is C52H37N3S. The van der Waals surface area contributed by atoms with Crippen LogP contribution in [0.15, 0.2) is 210 Å². The summed E-state index contributed by atoms with van der Waals surface area (Å²) >= 11 is 1.89. The summed E-state index contributed by atoms with van der Waals surface area (Å²) in [7, 11) is 0. The SMILES string of the molecule is C1=CC2=C(c3ccccc3)N=C(c3ccc4c5c(sc4c3)C=C(N(c3ccc(-c4ccccc4)cc3)c3ccc4ccccc4c3)C3C=CC=CC53)NC2C=C1. The molecule has 11 rings (SSSR count). The zero-order valence-corrected chi connectivity index (χ0v) is 31.4. The van der Waals surface area contributed by atoms with Crippen molar-refractivity contribution in [3.63, 3.8) is 0 Å². The number of allylic oxidation sites excluding steroid dienone is 6. The smallest absolute Gasteiger partial charge is 0.134 e. The monoisotopic (exact) mass is 735 g/mol. The predicted molar refractivity (Wildman–Crippen MR) is 237 cm³/mol. The first-order chi connectivity index (χ1) is 27.7. The van der Waals surface area contributed by atoms with E-state index in [2.05, 4.69) is 210 Å². The Morgan fingerprint density at radius 1 is 0.554 bits per heavy atom. The van der Waals surface area contributed by atoms with Gasteiger partial charge >= 0.3 is 0 Å². The fourth-order valence-corrected chi connectivity index (χ4v) is 10.0. The summed E-state index contributed by atoms with van der Waals surface area (Å²) in [5.74, 6) is 1.28. The van der Waals surface area contributed by atoms with Gasteiger partial charge in [0, 0.05) is 55.2 Å². The van der Waals surface area contributed by atoms with E-state index in [9.17, 15) is 0 Å². The first-order valence-electron chi connectivity index (χ1n) is 19.3. The van der Waals surface area contributed by atoms with Crippen molar-refractivity contribution in [2.45, 2.75) is 12.0 Å². The second kappa shape index (κ2) is 13.5. The topological polar surface area (TPSA) is 27.6 Å². The van der Waals surface area contributed by atoms with Crippen LogP contribution < -0.4 is 10.2 Å². The Morgan fingerprint density at radius 3 is 2.05 bits per heavy atom. The van der Waals surface area contributed by atoms with Crippen molar-refractivity contribution in [2.75, 3.05) is 4.90 Å². The third kappa shape index (κ3) is 5.61. The van der Waals surface area contributed by atoms with Crippen LogP contribution in [0.5, 0.6) is 0 Å². The van der Waals surface area contributed by atoms with Gasteiger partial charge in [-0.3, -0.25) is 0 Å². The standard InChI is InChI=1S/C52H37N3S/c1-3-13-34(14-4-1)36-23-27-40(28-24-36)55(41-29-25-35-15-7-8-18-38(35)31-41)47-33-49-50(43-20-10-9-19-42(43)47)45-30-26-39(32-48(45)56-49)52-53-46-22-12-11-21-44(46)51(54-52)37-16-5-2-6-17-37/h1-33,42-43,46H,(H,53,54). The maximum atomic E-state index is 5.28. The highest BCUT2D eigenvalue weighted by molar-refractivity contribution is 7.20. The van der Waals surface area contributed by atoms with Crippen molar-refractivity contribution in [1.29, 1.82) is 0 Å². The van der Waals surface area contributed by atoms with Gasteiger partial charge in [0.25, 0.3) is 0 Å². The van der Waals surface area contributed by atoms with Crippen LogP contribution in [0.1, 0.15) is 27.5 Å². The van der Waals surface area contributed by atoms with Crippen LogP contribution in [0.4, 0.5) is 11.4 Å². The van der Waals surface area contributed by atoms with Gasteiger partial charge in [0.15, 0.2) is 0 Å². The minimum atomic E-state index is 0.0724. The van der Waals surface area contributed by atoms with Crippen LogP contribution >= 0.6 is 11.3 Å². The molecule has 1 aliphatic heterocycles. The molecule has 3 aliphatic carbocycles. The number of fused-ring (bicyclic) bond motifs is 7. The van der Waals surface area contributed by atoms with Crippen molar-refractivity contribution < 1.29 is 0 Å². The first kappa shape index (κ1) is 32.7. The zero-order valence-electron chi connectivity index (χ0n) is 30.6. The molecule has 0 amide bonds. The first-order valence-corrected chi connectivity index (χ1v) is 20.1. The molecule has 0 saturated heterocycles. The molecule has 1 aromatic heterocycles. The number of thiophene rings is 1. The number of benzene rings is 6. The van der Waals surface area contributed by atoms with Gasteiger partial charge in [-0.2, -0.15) is 0 Å². The van der Waals surface area contributed by atoms with Gasteiger partial charge in [-0.05, 0) is 69.3 Å². The fourth-order valence-electron chi connectivity index (χ4n) is 8.76. The van der Waals surface area contributed by atoms with Crippen molar-refractivity contribution in [3.05, 3.63) is 227 Å². The highest BCUT2D eigenvalue weighted by Crippen LogP contribution is 2.51. The molecule has 3 nitrogen and oxygen atoms in total. The normalized spacial score (nSPS) is 19.2. The number of amidine groups is 1. The number of aliphatic imine (C=N–C) groups is 1. The molecule has 0 saturated carbocycles. The Bertz CT molecular complexity index is 2890. The maximum absolute atomic E-state index is 5.28. The van der Waals surface area contributed by atoms with E-state index in [4.69, 9.17) is 4.99 Å². The van der Waals surface area contributed by atoms with Gasteiger partial charge in [-0.1, -0.05) is 164 Å². The molecule has 56 heavy (non-hydrogen) atoms. The van der Waals surface area contributed by atoms with E-state index in [1.807, 2.05) is 11.3 Å². The Hall–Kier alpha value is -6.75. The summed E-state index contributed by atoms with van der Waals surface area (Å²) in [6.45, 7) is 0. The van der Waals surface area contributed by atoms with Crippen LogP contribution in [-0.2, 0) is 0 Å². The van der Waals surface area contributed by atoms with Crippen LogP contribution in [0.3, 0.4) is 0 Å². The Morgan fingerprint density at radius 2 is 1.23 bits per heavy atom. The lowest BCUT2D eigenvalue weighted by Gasteiger charge is -2.38. The molecule has 4 heteroatoms. The number of rotatable bonds is 6. The van der Waals surface area contributed by atoms with E-state index in [-0.39, 0.29) is 17.9 Å². The quantitative estimate of drug-likeness (QED) is 0.184. The number of nitrogens with one attached hydrogen (secondary N) is 1. The Kier molecular flexibility index (Phi) is 7.89. The van der Waals surface area contributed by atoms with Gasteiger partial charge in [0.05, 0.1) is 11.7 Å². The molecule has 2 heterocycles. The lowest BCUT2D eigenvalue weighted by Crippen LogP contribution is -2.39. The van der Waals surface area contributed by atoms with E-state index in [0.717, 1.165) is 34.0 Å². The van der Waals surface area contributed by atoms with Gasteiger partial charge in [-0.25, -0.2) is 4.99 Å². The summed E-state index contributed by atoms with van der Waals surface area (Å²) in [5.41, 5.74) is 11.9. The number of nitrogens with zero attached hydrogens (tertiary/aromatic N) is 2. The van der Waals surface area contributed by atoms with Crippen LogP contribution in [0.2, 0.25) is 0 Å². The molecule has 3 unspecified atom stereocenters. The Balaban J connectivity index is 1.05. The molecule has 7 aromatic rings. The van der Waals surface area contributed by atoms with Gasteiger partial charge in [0.1, 0.15) is 5.84 Å². The predicted octanol–water partition coefficient (Wildman–Crippen LogP) is 13.0. The van der Waals surface area contributed by atoms with Gasteiger partial charge in [0.2, 0.25) is 0 Å². The average molecular weight is 736 g/mol. The van der Waals surface area contributed by atoms with E-state index >= 15 is 0 Å². The molecule has 266 valence electrons. The minimum absolute atomic E-state index is 0.0724. The summed E-state index contributed by atoms with van der Waals surface area (Å²) in [4.78, 5) is 9.08. The highest BCUT2D eigenvalue weighted by atomic mass is 32.1.